The highest BCUT2D eigenvalue weighted by molar-refractivity contribution is 5.80. The average molecular weight is 328 g/mol. The lowest BCUT2D eigenvalue weighted by atomic mass is 10.1. The molecule has 1 amide bonds. The summed E-state index contributed by atoms with van der Waals surface area (Å²) in [5.41, 5.74) is 1.50. The lowest BCUT2D eigenvalue weighted by molar-refractivity contribution is -0.385. The summed E-state index contributed by atoms with van der Waals surface area (Å²) in [6, 6.07) is 13.7. The topological polar surface area (TPSA) is 81.5 Å². The van der Waals surface area contributed by atoms with Gasteiger partial charge in [-0.3, -0.25) is 14.9 Å². The molecule has 0 saturated carbocycles. The van der Waals surface area contributed by atoms with Crippen molar-refractivity contribution in [3.63, 3.8) is 0 Å². The molecule has 0 radical (unpaired) electrons. The number of amides is 1. The minimum atomic E-state index is -0.480. The van der Waals surface area contributed by atoms with Crippen LogP contribution in [0.5, 0.6) is 5.75 Å². The standard InChI is InChI=1S/C18H20N2O4/c1-13-7-9-16(10-8-13)24-12-14(2)19-18(21)11-15-5-3-4-6-17(15)20(22)23/h3-10,14H,11-12H2,1-2H3,(H,19,21). The van der Waals surface area contributed by atoms with Gasteiger partial charge in [0.1, 0.15) is 12.4 Å². The number of hydrogen-bond donors (Lipinski definition) is 1. The maximum atomic E-state index is 12.1. The van der Waals surface area contributed by atoms with E-state index in [1.807, 2.05) is 38.1 Å². The predicted molar refractivity (Wildman–Crippen MR) is 91.1 cm³/mol. The van der Waals surface area contributed by atoms with Crippen LogP contribution in [-0.2, 0) is 11.2 Å². The molecule has 0 bridgehead atoms. The van der Waals surface area contributed by atoms with Gasteiger partial charge < -0.3 is 10.1 Å². The summed E-state index contributed by atoms with van der Waals surface area (Å²) in [7, 11) is 0. The van der Waals surface area contributed by atoms with E-state index in [9.17, 15) is 14.9 Å². The van der Waals surface area contributed by atoms with Crippen LogP contribution >= 0.6 is 0 Å². The molecule has 126 valence electrons. The number of nitro groups is 1. The Hall–Kier alpha value is -2.89. The number of nitrogens with zero attached hydrogens (tertiary/aromatic N) is 1. The van der Waals surface area contributed by atoms with Crippen molar-refractivity contribution in [3.05, 3.63) is 69.8 Å². The van der Waals surface area contributed by atoms with E-state index in [4.69, 9.17) is 4.74 Å². The van der Waals surface area contributed by atoms with Crippen LogP contribution < -0.4 is 10.1 Å². The number of para-hydroxylation sites is 1. The van der Waals surface area contributed by atoms with Crippen molar-refractivity contribution < 1.29 is 14.5 Å². The first kappa shape index (κ1) is 17.5. The fraction of sp³-hybridized carbons (Fsp3) is 0.278. The maximum Gasteiger partial charge on any atom is 0.273 e. The maximum absolute atomic E-state index is 12.1. The van der Waals surface area contributed by atoms with Gasteiger partial charge >= 0.3 is 0 Å². The highest BCUT2D eigenvalue weighted by Gasteiger charge is 2.16. The van der Waals surface area contributed by atoms with Gasteiger partial charge in [-0.1, -0.05) is 35.9 Å². The Morgan fingerprint density at radius 1 is 1.21 bits per heavy atom. The van der Waals surface area contributed by atoms with Crippen molar-refractivity contribution in [2.75, 3.05) is 6.61 Å². The summed E-state index contributed by atoms with van der Waals surface area (Å²) in [4.78, 5) is 22.5. The van der Waals surface area contributed by atoms with Crippen molar-refractivity contribution in [1.29, 1.82) is 0 Å². The Labute approximate surface area is 140 Å². The molecular formula is C18H20N2O4. The van der Waals surface area contributed by atoms with E-state index < -0.39 is 4.92 Å². The van der Waals surface area contributed by atoms with Gasteiger partial charge in [0.05, 0.1) is 17.4 Å². The molecule has 0 fully saturated rings. The van der Waals surface area contributed by atoms with Crippen LogP contribution in [0.2, 0.25) is 0 Å². The number of hydrogen-bond acceptors (Lipinski definition) is 4. The molecule has 0 spiro atoms. The zero-order chi connectivity index (χ0) is 17.5. The van der Waals surface area contributed by atoms with E-state index in [1.165, 1.54) is 6.07 Å². The van der Waals surface area contributed by atoms with Crippen LogP contribution in [-0.4, -0.2) is 23.5 Å². The van der Waals surface area contributed by atoms with Gasteiger partial charge in [-0.2, -0.15) is 0 Å². The lowest BCUT2D eigenvalue weighted by Crippen LogP contribution is -2.37. The summed E-state index contributed by atoms with van der Waals surface area (Å²) in [5.74, 6) is 0.463. The van der Waals surface area contributed by atoms with Gasteiger partial charge in [-0.25, -0.2) is 0 Å². The van der Waals surface area contributed by atoms with Gasteiger partial charge in [-0.15, -0.1) is 0 Å². The molecule has 0 saturated heterocycles. The molecule has 0 aliphatic carbocycles. The molecule has 2 aromatic carbocycles. The predicted octanol–water partition coefficient (Wildman–Crippen LogP) is 3.03. The van der Waals surface area contributed by atoms with Gasteiger partial charge in [0.2, 0.25) is 5.91 Å². The Morgan fingerprint density at radius 2 is 1.88 bits per heavy atom. The number of carbonyl (C=O) groups is 1. The second kappa shape index (κ2) is 8.10. The number of nitro benzene ring substituents is 1. The van der Waals surface area contributed by atoms with Gasteiger partial charge in [0.25, 0.3) is 5.69 Å². The van der Waals surface area contributed by atoms with Crippen LogP contribution in [0, 0.1) is 17.0 Å². The molecule has 1 N–H and O–H groups in total. The SMILES string of the molecule is Cc1ccc(OCC(C)NC(=O)Cc2ccccc2[N+](=O)[O-])cc1. The smallest absolute Gasteiger partial charge is 0.273 e. The highest BCUT2D eigenvalue weighted by Crippen LogP contribution is 2.18. The summed E-state index contributed by atoms with van der Waals surface area (Å²) < 4.78 is 5.61. The third kappa shape index (κ3) is 5.08. The second-order valence-electron chi connectivity index (χ2n) is 5.66. The van der Waals surface area contributed by atoms with Crippen molar-refractivity contribution in [3.8, 4) is 5.75 Å². The molecule has 0 heterocycles. The first-order valence-electron chi connectivity index (χ1n) is 7.67. The fourth-order valence-electron chi connectivity index (χ4n) is 2.23. The fourth-order valence-corrected chi connectivity index (χ4v) is 2.23. The molecule has 2 rings (SSSR count). The normalized spacial score (nSPS) is 11.6. The molecule has 0 aromatic heterocycles. The van der Waals surface area contributed by atoms with Crippen LogP contribution in [0.25, 0.3) is 0 Å². The molecule has 1 atom stereocenters. The Balaban J connectivity index is 1.85. The van der Waals surface area contributed by atoms with E-state index >= 15 is 0 Å². The number of rotatable bonds is 7. The van der Waals surface area contributed by atoms with Crippen LogP contribution in [0.15, 0.2) is 48.5 Å². The number of nitrogens with one attached hydrogen (secondary N) is 1. The summed E-state index contributed by atoms with van der Waals surface area (Å²) in [5, 5.41) is 13.8. The average Bonchev–Trinajstić information content (AvgIpc) is 2.54. The zero-order valence-corrected chi connectivity index (χ0v) is 13.7. The van der Waals surface area contributed by atoms with E-state index in [-0.39, 0.29) is 24.1 Å². The first-order valence-corrected chi connectivity index (χ1v) is 7.67. The molecule has 6 heteroatoms. The summed E-state index contributed by atoms with van der Waals surface area (Å²) in [6.07, 6.45) is -0.0357. The van der Waals surface area contributed by atoms with Crippen molar-refractivity contribution in [2.24, 2.45) is 0 Å². The van der Waals surface area contributed by atoms with Gasteiger partial charge in [0, 0.05) is 11.6 Å². The second-order valence-corrected chi connectivity index (χ2v) is 5.66. The number of benzene rings is 2. The minimum Gasteiger partial charge on any atom is -0.491 e. The van der Waals surface area contributed by atoms with E-state index in [1.54, 1.807) is 18.2 Å². The summed E-state index contributed by atoms with van der Waals surface area (Å²) >= 11 is 0. The molecular weight excluding hydrogens is 308 g/mol. The zero-order valence-electron chi connectivity index (χ0n) is 13.7. The number of ether oxygens (including phenoxy) is 1. The molecule has 0 aliphatic rings. The van der Waals surface area contributed by atoms with Gasteiger partial charge in [0.15, 0.2) is 0 Å². The van der Waals surface area contributed by atoms with Crippen LogP contribution in [0.1, 0.15) is 18.1 Å². The molecule has 1 unspecified atom stereocenters. The Kier molecular flexibility index (Phi) is 5.89. The monoisotopic (exact) mass is 328 g/mol. The lowest BCUT2D eigenvalue weighted by Gasteiger charge is -2.15. The molecule has 24 heavy (non-hydrogen) atoms. The van der Waals surface area contributed by atoms with Crippen LogP contribution in [0.3, 0.4) is 0 Å². The molecule has 6 nitrogen and oxygen atoms in total. The quantitative estimate of drug-likeness (QED) is 0.625. The first-order chi connectivity index (χ1) is 11.5. The molecule has 2 aromatic rings. The molecule has 0 aliphatic heterocycles. The van der Waals surface area contributed by atoms with E-state index in [2.05, 4.69) is 5.32 Å². The van der Waals surface area contributed by atoms with Crippen molar-refractivity contribution in [1.82, 2.24) is 5.32 Å². The minimum absolute atomic E-state index is 0.0357. The number of aryl methyl sites for hydroxylation is 1. The Bertz CT molecular complexity index is 713. The highest BCUT2D eigenvalue weighted by atomic mass is 16.6. The number of carbonyl (C=O) groups excluding carboxylic acids is 1. The third-order valence-corrected chi connectivity index (χ3v) is 3.47. The third-order valence-electron chi connectivity index (χ3n) is 3.47. The summed E-state index contributed by atoms with van der Waals surface area (Å²) in [6.45, 7) is 4.15. The largest absolute Gasteiger partial charge is 0.491 e. The Morgan fingerprint density at radius 3 is 2.54 bits per heavy atom. The van der Waals surface area contributed by atoms with Crippen LogP contribution in [0.4, 0.5) is 5.69 Å². The van der Waals surface area contributed by atoms with Gasteiger partial charge in [-0.05, 0) is 26.0 Å². The van der Waals surface area contributed by atoms with Crippen molar-refractivity contribution in [2.45, 2.75) is 26.3 Å². The van der Waals surface area contributed by atoms with E-state index in [0.717, 1.165) is 11.3 Å². The van der Waals surface area contributed by atoms with E-state index in [0.29, 0.717) is 12.2 Å². The van der Waals surface area contributed by atoms with Crippen molar-refractivity contribution >= 4 is 11.6 Å².